The topological polar surface area (TPSA) is 72.3 Å². The number of ether oxygens (including phenoxy) is 1. The lowest BCUT2D eigenvalue weighted by molar-refractivity contribution is 0.0805. The van der Waals surface area contributed by atoms with Gasteiger partial charge in [0.05, 0.1) is 19.2 Å². The Bertz CT molecular complexity index is 742. The fourth-order valence-corrected chi connectivity index (χ4v) is 3.27. The summed E-state index contributed by atoms with van der Waals surface area (Å²) in [7, 11) is 0. The van der Waals surface area contributed by atoms with Gasteiger partial charge in [0.15, 0.2) is 11.6 Å². The average Bonchev–Trinajstić information content (AvgIpc) is 3.15. The fourth-order valence-electron chi connectivity index (χ4n) is 3.27. The molecule has 1 N–H and O–H groups in total. The number of hydrogen-bond acceptors (Lipinski definition) is 4. The molecule has 0 radical (unpaired) electrons. The van der Waals surface area contributed by atoms with Gasteiger partial charge in [-0.2, -0.15) is 0 Å². The van der Waals surface area contributed by atoms with E-state index in [1.165, 1.54) is 11.1 Å². The molecule has 2 aliphatic heterocycles. The van der Waals surface area contributed by atoms with E-state index in [2.05, 4.69) is 34.6 Å². The van der Waals surface area contributed by atoms with Gasteiger partial charge >= 0.3 is 6.03 Å². The lowest BCUT2D eigenvalue weighted by Gasteiger charge is -2.22. The molecular formula is C16H19N5O2. The summed E-state index contributed by atoms with van der Waals surface area (Å²) in [5.41, 5.74) is 2.44. The van der Waals surface area contributed by atoms with Crippen molar-refractivity contribution < 1.29 is 9.53 Å². The first-order valence-electron chi connectivity index (χ1n) is 7.85. The van der Waals surface area contributed by atoms with Crippen molar-refractivity contribution in [1.29, 1.82) is 0 Å². The van der Waals surface area contributed by atoms with Gasteiger partial charge in [-0.1, -0.05) is 24.3 Å². The van der Waals surface area contributed by atoms with Crippen LogP contribution < -0.4 is 5.32 Å². The maximum Gasteiger partial charge on any atom is 0.318 e. The Labute approximate surface area is 134 Å². The summed E-state index contributed by atoms with van der Waals surface area (Å²) in [4.78, 5) is 14.4. The lowest BCUT2D eigenvalue weighted by Crippen LogP contribution is -2.38. The van der Waals surface area contributed by atoms with Crippen LogP contribution in [0, 0.1) is 0 Å². The molecule has 3 heterocycles. The quantitative estimate of drug-likeness (QED) is 0.914. The Morgan fingerprint density at radius 1 is 1.39 bits per heavy atom. The highest BCUT2D eigenvalue weighted by atomic mass is 16.5. The van der Waals surface area contributed by atoms with Gasteiger partial charge in [0, 0.05) is 13.1 Å². The fraction of sp³-hybridized carbons (Fsp3) is 0.438. The number of urea groups is 1. The molecule has 0 saturated heterocycles. The molecule has 23 heavy (non-hydrogen) atoms. The second-order valence-electron chi connectivity index (χ2n) is 5.90. The summed E-state index contributed by atoms with van der Waals surface area (Å²) in [6.45, 7) is 4.96. The summed E-state index contributed by atoms with van der Waals surface area (Å²) >= 11 is 0. The van der Waals surface area contributed by atoms with Crippen LogP contribution >= 0.6 is 0 Å². The lowest BCUT2D eigenvalue weighted by atomic mass is 10.1. The maximum atomic E-state index is 12.5. The van der Waals surface area contributed by atoms with Crippen molar-refractivity contribution in [3.63, 3.8) is 0 Å². The summed E-state index contributed by atoms with van der Waals surface area (Å²) in [5, 5.41) is 11.2. The average molecular weight is 313 g/mol. The van der Waals surface area contributed by atoms with Crippen LogP contribution in [0.25, 0.3) is 0 Å². The molecule has 1 atom stereocenters. The van der Waals surface area contributed by atoms with E-state index in [9.17, 15) is 4.79 Å². The van der Waals surface area contributed by atoms with E-state index < -0.39 is 0 Å². The molecule has 2 aromatic rings. The largest absolute Gasteiger partial charge is 0.372 e. The molecule has 0 bridgehead atoms. The molecule has 7 nitrogen and oxygen atoms in total. The Hall–Kier alpha value is -2.41. The zero-order valence-electron chi connectivity index (χ0n) is 13.0. The van der Waals surface area contributed by atoms with Gasteiger partial charge < -0.3 is 19.5 Å². The van der Waals surface area contributed by atoms with Crippen LogP contribution in [0.5, 0.6) is 0 Å². The highest BCUT2D eigenvalue weighted by molar-refractivity contribution is 5.75. The molecule has 2 aliphatic rings. The molecule has 4 rings (SSSR count). The van der Waals surface area contributed by atoms with E-state index in [0.29, 0.717) is 26.3 Å². The van der Waals surface area contributed by atoms with Crippen LogP contribution in [0.2, 0.25) is 0 Å². The number of fused-ring (bicyclic) bond motifs is 2. The number of carbonyl (C=O) groups excluding carboxylic acids is 1. The third-order valence-electron chi connectivity index (χ3n) is 4.57. The Morgan fingerprint density at radius 3 is 3.13 bits per heavy atom. The normalized spacial score (nSPS) is 19.3. The summed E-state index contributed by atoms with van der Waals surface area (Å²) in [6.07, 6.45) is 0. The van der Waals surface area contributed by atoms with Crippen molar-refractivity contribution in [2.75, 3.05) is 6.61 Å². The van der Waals surface area contributed by atoms with Gasteiger partial charge in [0.25, 0.3) is 0 Å². The molecular weight excluding hydrogens is 294 g/mol. The third kappa shape index (κ3) is 2.46. The van der Waals surface area contributed by atoms with Crippen LogP contribution in [-0.4, -0.2) is 32.3 Å². The molecule has 0 fully saturated rings. The first kappa shape index (κ1) is 14.2. The molecule has 0 saturated carbocycles. The maximum absolute atomic E-state index is 12.5. The first-order valence-corrected chi connectivity index (χ1v) is 7.85. The van der Waals surface area contributed by atoms with Gasteiger partial charge in [-0.25, -0.2) is 4.79 Å². The summed E-state index contributed by atoms with van der Waals surface area (Å²) in [6, 6.07) is 8.21. The number of carbonyl (C=O) groups is 1. The Balaban J connectivity index is 1.43. The highest BCUT2D eigenvalue weighted by Gasteiger charge is 2.30. The first-order chi connectivity index (χ1) is 11.2. The zero-order chi connectivity index (χ0) is 15.8. The van der Waals surface area contributed by atoms with Crippen molar-refractivity contribution in [1.82, 2.24) is 25.0 Å². The number of aromatic nitrogens is 3. The molecule has 1 aromatic heterocycles. The second-order valence-corrected chi connectivity index (χ2v) is 5.90. The van der Waals surface area contributed by atoms with Gasteiger partial charge in [-0.3, -0.25) is 0 Å². The van der Waals surface area contributed by atoms with Crippen molar-refractivity contribution in [3.8, 4) is 0 Å². The van der Waals surface area contributed by atoms with Crippen LogP contribution in [0.3, 0.4) is 0 Å². The SMILES string of the molecule is CC1c2ccccc2CN1C(=O)NCc1nnc2n1CCOC2. The molecule has 0 spiro atoms. The number of nitrogens with one attached hydrogen (secondary N) is 1. The van der Waals surface area contributed by atoms with Crippen molar-refractivity contribution in [2.45, 2.75) is 39.2 Å². The van der Waals surface area contributed by atoms with Crippen molar-refractivity contribution >= 4 is 6.03 Å². The van der Waals surface area contributed by atoms with Crippen LogP contribution in [-0.2, 0) is 31.0 Å². The van der Waals surface area contributed by atoms with Crippen LogP contribution in [0.1, 0.15) is 35.7 Å². The molecule has 0 aliphatic carbocycles. The number of rotatable bonds is 2. The molecule has 1 aromatic carbocycles. The van der Waals surface area contributed by atoms with Gasteiger partial charge in [-0.15, -0.1) is 10.2 Å². The van der Waals surface area contributed by atoms with Gasteiger partial charge in [0.2, 0.25) is 0 Å². The van der Waals surface area contributed by atoms with E-state index in [-0.39, 0.29) is 12.1 Å². The molecule has 7 heteroatoms. The van der Waals surface area contributed by atoms with Crippen LogP contribution in [0.4, 0.5) is 4.79 Å². The Morgan fingerprint density at radius 2 is 2.26 bits per heavy atom. The molecule has 1 unspecified atom stereocenters. The summed E-state index contributed by atoms with van der Waals surface area (Å²) < 4.78 is 7.37. The van der Waals surface area contributed by atoms with E-state index in [0.717, 1.165) is 18.2 Å². The standard InChI is InChI=1S/C16H19N5O2/c1-11-13-5-3-2-4-12(13)9-21(11)16(22)17-8-14-18-19-15-10-23-7-6-20(14)15/h2-5,11H,6-10H2,1H3,(H,17,22). The van der Waals surface area contributed by atoms with Crippen LogP contribution in [0.15, 0.2) is 24.3 Å². The number of amides is 2. The molecule has 120 valence electrons. The minimum Gasteiger partial charge on any atom is -0.372 e. The number of nitrogens with zero attached hydrogens (tertiary/aromatic N) is 4. The van der Waals surface area contributed by atoms with Crippen molar-refractivity contribution in [3.05, 3.63) is 47.0 Å². The van der Waals surface area contributed by atoms with Gasteiger partial charge in [0.1, 0.15) is 6.61 Å². The minimum atomic E-state index is -0.0712. The zero-order valence-corrected chi connectivity index (χ0v) is 13.0. The number of hydrogen-bond donors (Lipinski definition) is 1. The highest BCUT2D eigenvalue weighted by Crippen LogP contribution is 2.32. The Kier molecular flexibility index (Phi) is 3.49. The summed E-state index contributed by atoms with van der Waals surface area (Å²) in [5.74, 6) is 1.60. The minimum absolute atomic E-state index is 0.0712. The van der Waals surface area contributed by atoms with E-state index in [1.807, 2.05) is 21.6 Å². The smallest absolute Gasteiger partial charge is 0.318 e. The predicted octanol–water partition coefficient (Wildman–Crippen LogP) is 1.59. The van der Waals surface area contributed by atoms with E-state index in [1.54, 1.807) is 0 Å². The number of benzene rings is 1. The third-order valence-corrected chi connectivity index (χ3v) is 4.57. The molecule has 2 amide bonds. The van der Waals surface area contributed by atoms with Gasteiger partial charge in [-0.05, 0) is 18.1 Å². The monoisotopic (exact) mass is 313 g/mol. The predicted molar refractivity (Wildman–Crippen MR) is 82.3 cm³/mol. The van der Waals surface area contributed by atoms with E-state index >= 15 is 0 Å². The van der Waals surface area contributed by atoms with E-state index in [4.69, 9.17) is 4.74 Å². The van der Waals surface area contributed by atoms with Crippen molar-refractivity contribution in [2.24, 2.45) is 0 Å². The second kappa shape index (κ2) is 5.66.